The van der Waals surface area contributed by atoms with Gasteiger partial charge in [-0.2, -0.15) is 0 Å². The fourth-order valence-electron chi connectivity index (χ4n) is 1.20. The van der Waals surface area contributed by atoms with E-state index in [1.807, 2.05) is 0 Å². The van der Waals surface area contributed by atoms with Crippen molar-refractivity contribution in [3.63, 3.8) is 0 Å². The van der Waals surface area contributed by atoms with Crippen LogP contribution in [0, 0.1) is 0 Å². The molecule has 14 heavy (non-hydrogen) atoms. The average Bonchev–Trinajstić information content (AvgIpc) is 2.18. The summed E-state index contributed by atoms with van der Waals surface area (Å²) >= 11 is 0. The number of aliphatic hydroxyl groups excluding tert-OH is 4. The van der Waals surface area contributed by atoms with E-state index in [1.165, 1.54) is 0 Å². The lowest BCUT2D eigenvalue weighted by Crippen LogP contribution is -2.58. The minimum absolute atomic E-state index is 0.224. The van der Waals surface area contributed by atoms with Gasteiger partial charge in [0.15, 0.2) is 6.29 Å². The fourth-order valence-corrected chi connectivity index (χ4v) is 1.20. The van der Waals surface area contributed by atoms with Gasteiger partial charge in [0.05, 0.1) is 12.6 Å². The Labute approximate surface area is 79.0 Å². The zero-order valence-corrected chi connectivity index (χ0v) is 7.13. The molecular formula is C6H11N3O5. The van der Waals surface area contributed by atoms with E-state index in [0.717, 1.165) is 0 Å². The highest BCUT2D eigenvalue weighted by atomic mass is 16.6. The van der Waals surface area contributed by atoms with Crippen LogP contribution in [0.15, 0.2) is 5.11 Å². The monoisotopic (exact) mass is 205 g/mol. The second kappa shape index (κ2) is 4.56. The van der Waals surface area contributed by atoms with Crippen LogP contribution >= 0.6 is 0 Å². The molecule has 0 aromatic heterocycles. The summed E-state index contributed by atoms with van der Waals surface area (Å²) in [5, 5.41) is 39.8. The highest BCUT2D eigenvalue weighted by molar-refractivity contribution is 4.89. The second-order valence-electron chi connectivity index (χ2n) is 2.95. The predicted molar refractivity (Wildman–Crippen MR) is 42.9 cm³/mol. The van der Waals surface area contributed by atoms with E-state index < -0.39 is 30.7 Å². The topological polar surface area (TPSA) is 139 Å². The van der Waals surface area contributed by atoms with Gasteiger partial charge in [-0.25, -0.2) is 0 Å². The Balaban J connectivity index is 2.64. The van der Waals surface area contributed by atoms with Gasteiger partial charge in [0.1, 0.15) is 18.3 Å². The summed E-state index contributed by atoms with van der Waals surface area (Å²) < 4.78 is 4.71. The normalized spacial score (nSPS) is 43.0. The number of azide groups is 1. The molecule has 1 aliphatic heterocycles. The molecule has 0 bridgehead atoms. The molecule has 0 spiro atoms. The van der Waals surface area contributed by atoms with E-state index >= 15 is 0 Å². The molecule has 0 saturated carbocycles. The van der Waals surface area contributed by atoms with Crippen molar-refractivity contribution in [2.24, 2.45) is 5.11 Å². The SMILES string of the molecule is [N-]=[N+]=NCC1OC(O)[C@@H](O)C(O)[C@@H]1O. The molecule has 4 N–H and O–H groups in total. The number of aliphatic hydroxyl groups is 4. The molecule has 1 aliphatic rings. The summed E-state index contributed by atoms with van der Waals surface area (Å²) in [6, 6.07) is 0. The van der Waals surface area contributed by atoms with E-state index in [1.54, 1.807) is 0 Å². The Morgan fingerprint density at radius 1 is 1.14 bits per heavy atom. The van der Waals surface area contributed by atoms with Crippen LogP contribution in [0.2, 0.25) is 0 Å². The van der Waals surface area contributed by atoms with Crippen LogP contribution in [0.25, 0.3) is 10.4 Å². The van der Waals surface area contributed by atoms with Gasteiger partial charge in [-0.3, -0.25) is 0 Å². The van der Waals surface area contributed by atoms with E-state index in [-0.39, 0.29) is 6.54 Å². The molecule has 1 rings (SSSR count). The van der Waals surface area contributed by atoms with Crippen LogP contribution in [-0.2, 0) is 4.74 Å². The van der Waals surface area contributed by atoms with Gasteiger partial charge in [0.2, 0.25) is 0 Å². The summed E-state index contributed by atoms with van der Waals surface area (Å²) in [5.41, 5.74) is 8.01. The number of ether oxygens (including phenoxy) is 1. The lowest BCUT2D eigenvalue weighted by Gasteiger charge is -2.37. The van der Waals surface area contributed by atoms with Crippen molar-refractivity contribution in [3.8, 4) is 0 Å². The van der Waals surface area contributed by atoms with E-state index in [4.69, 9.17) is 20.5 Å². The largest absolute Gasteiger partial charge is 0.388 e. The minimum Gasteiger partial charge on any atom is -0.388 e. The van der Waals surface area contributed by atoms with E-state index in [0.29, 0.717) is 0 Å². The third-order valence-electron chi connectivity index (χ3n) is 2.01. The molecule has 8 heteroatoms. The summed E-state index contributed by atoms with van der Waals surface area (Å²) in [5.74, 6) is 0. The molecule has 1 saturated heterocycles. The summed E-state index contributed by atoms with van der Waals surface area (Å²) in [4.78, 5) is 2.44. The van der Waals surface area contributed by atoms with E-state index in [2.05, 4.69) is 10.0 Å². The van der Waals surface area contributed by atoms with Crippen molar-refractivity contribution in [3.05, 3.63) is 10.4 Å². The molecule has 3 unspecified atom stereocenters. The molecule has 8 nitrogen and oxygen atoms in total. The standard InChI is InChI=1S/C6H11N3O5/c7-9-8-1-2-3(10)4(11)5(12)6(13)14-2/h2-6,10-13H,1H2/t2?,3-,4?,5+,6?/m1/s1. The van der Waals surface area contributed by atoms with Crippen molar-refractivity contribution in [2.45, 2.75) is 30.7 Å². The van der Waals surface area contributed by atoms with Crippen molar-refractivity contribution >= 4 is 0 Å². The van der Waals surface area contributed by atoms with Crippen LogP contribution in [0.4, 0.5) is 0 Å². The Morgan fingerprint density at radius 3 is 2.36 bits per heavy atom. The van der Waals surface area contributed by atoms with Crippen LogP contribution in [0.1, 0.15) is 0 Å². The van der Waals surface area contributed by atoms with Gasteiger partial charge in [-0.1, -0.05) is 5.11 Å². The first-order chi connectivity index (χ1) is 6.57. The third-order valence-corrected chi connectivity index (χ3v) is 2.01. The van der Waals surface area contributed by atoms with Crippen LogP contribution in [0.3, 0.4) is 0 Å². The first-order valence-electron chi connectivity index (χ1n) is 3.96. The Kier molecular flexibility index (Phi) is 3.64. The van der Waals surface area contributed by atoms with Gasteiger partial charge < -0.3 is 25.2 Å². The van der Waals surface area contributed by atoms with Crippen molar-refractivity contribution in [1.29, 1.82) is 0 Å². The summed E-state index contributed by atoms with van der Waals surface area (Å²) in [7, 11) is 0. The predicted octanol–water partition coefficient (Wildman–Crippen LogP) is -1.90. The van der Waals surface area contributed by atoms with Gasteiger partial charge in [-0.15, -0.1) is 0 Å². The zero-order valence-electron chi connectivity index (χ0n) is 7.13. The van der Waals surface area contributed by atoms with Crippen molar-refractivity contribution in [2.75, 3.05) is 6.54 Å². The average molecular weight is 205 g/mol. The van der Waals surface area contributed by atoms with Gasteiger partial charge in [-0.05, 0) is 5.53 Å². The van der Waals surface area contributed by atoms with Crippen LogP contribution < -0.4 is 0 Å². The van der Waals surface area contributed by atoms with E-state index in [9.17, 15) is 10.2 Å². The molecular weight excluding hydrogens is 194 g/mol. The van der Waals surface area contributed by atoms with Crippen molar-refractivity contribution < 1.29 is 25.2 Å². The second-order valence-corrected chi connectivity index (χ2v) is 2.95. The maximum absolute atomic E-state index is 9.32. The fraction of sp³-hybridized carbons (Fsp3) is 1.00. The maximum Gasteiger partial charge on any atom is 0.183 e. The Bertz CT molecular complexity index is 244. The molecule has 0 aromatic carbocycles. The minimum atomic E-state index is -1.59. The Hall–Kier alpha value is -0.890. The molecule has 0 amide bonds. The quantitative estimate of drug-likeness (QED) is 0.237. The lowest BCUT2D eigenvalue weighted by atomic mass is 9.99. The number of hydrogen-bond donors (Lipinski definition) is 4. The van der Waals surface area contributed by atoms with Gasteiger partial charge >= 0.3 is 0 Å². The first-order valence-corrected chi connectivity index (χ1v) is 3.96. The molecule has 1 fully saturated rings. The molecule has 5 atom stereocenters. The number of nitrogens with zero attached hydrogens (tertiary/aromatic N) is 3. The number of hydrogen-bond acceptors (Lipinski definition) is 6. The highest BCUT2D eigenvalue weighted by Crippen LogP contribution is 2.19. The maximum atomic E-state index is 9.32. The molecule has 1 heterocycles. The lowest BCUT2D eigenvalue weighted by molar-refractivity contribution is -0.279. The third kappa shape index (κ3) is 2.13. The van der Waals surface area contributed by atoms with Gasteiger partial charge in [0, 0.05) is 4.91 Å². The van der Waals surface area contributed by atoms with Crippen LogP contribution in [-0.4, -0.2) is 57.7 Å². The summed E-state index contributed by atoms with van der Waals surface area (Å²) in [6.45, 7) is -0.224. The molecule has 80 valence electrons. The highest BCUT2D eigenvalue weighted by Gasteiger charge is 2.42. The van der Waals surface area contributed by atoms with Gasteiger partial charge in [0.25, 0.3) is 0 Å². The molecule has 0 aromatic rings. The smallest absolute Gasteiger partial charge is 0.183 e. The zero-order chi connectivity index (χ0) is 10.7. The Morgan fingerprint density at radius 2 is 1.79 bits per heavy atom. The van der Waals surface area contributed by atoms with Crippen LogP contribution in [0.5, 0.6) is 0 Å². The number of rotatable bonds is 2. The first kappa shape index (κ1) is 11.2. The molecule has 0 radical (unpaired) electrons. The summed E-state index contributed by atoms with van der Waals surface area (Å²) in [6.07, 6.45) is -7.07. The molecule has 0 aliphatic carbocycles. The van der Waals surface area contributed by atoms with Crippen molar-refractivity contribution in [1.82, 2.24) is 0 Å².